The Morgan fingerprint density at radius 3 is 2.53 bits per heavy atom. The predicted molar refractivity (Wildman–Crippen MR) is 130 cm³/mol. The van der Waals surface area contributed by atoms with E-state index in [9.17, 15) is 10.1 Å². The minimum atomic E-state index is -0.476. The Kier molecular flexibility index (Phi) is 7.69. The summed E-state index contributed by atoms with van der Waals surface area (Å²) in [4.78, 5) is 12.8. The van der Waals surface area contributed by atoms with Crippen molar-refractivity contribution in [3.8, 4) is 17.6 Å². The van der Waals surface area contributed by atoms with Crippen LogP contribution in [0.25, 0.3) is 6.08 Å². The maximum Gasteiger partial charge on any atom is 0.266 e. The Morgan fingerprint density at radius 2 is 1.84 bits per heavy atom. The van der Waals surface area contributed by atoms with Crippen LogP contribution >= 0.6 is 15.9 Å². The van der Waals surface area contributed by atoms with Crippen LogP contribution in [0.2, 0.25) is 0 Å². The Hall–Kier alpha value is -3.56. The lowest BCUT2D eigenvalue weighted by Crippen LogP contribution is -2.14. The van der Waals surface area contributed by atoms with E-state index in [0.717, 1.165) is 21.2 Å². The minimum Gasteiger partial charge on any atom is -0.497 e. The highest BCUT2D eigenvalue weighted by Gasteiger charge is 2.13. The van der Waals surface area contributed by atoms with Crippen molar-refractivity contribution in [3.63, 3.8) is 0 Å². The highest BCUT2D eigenvalue weighted by Crippen LogP contribution is 2.28. The van der Waals surface area contributed by atoms with Crippen molar-refractivity contribution >= 4 is 33.6 Å². The van der Waals surface area contributed by atoms with Crippen molar-refractivity contribution in [1.82, 2.24) is 0 Å². The van der Waals surface area contributed by atoms with Gasteiger partial charge in [0, 0.05) is 21.8 Å². The number of carbonyl (C=O) groups excluding carboxylic acids is 1. The number of anilines is 1. The monoisotopic (exact) mass is 490 g/mol. The van der Waals surface area contributed by atoms with Crippen molar-refractivity contribution in [2.45, 2.75) is 20.5 Å². The van der Waals surface area contributed by atoms with E-state index in [1.807, 2.05) is 62.4 Å². The fraction of sp³-hybridized carbons (Fsp3) is 0.154. The van der Waals surface area contributed by atoms with Crippen molar-refractivity contribution in [1.29, 1.82) is 5.26 Å². The van der Waals surface area contributed by atoms with Gasteiger partial charge < -0.3 is 14.8 Å². The maximum absolute atomic E-state index is 12.8. The third-order valence-electron chi connectivity index (χ3n) is 4.83. The Labute approximate surface area is 196 Å². The quantitative estimate of drug-likeness (QED) is 0.316. The molecule has 3 rings (SSSR count). The van der Waals surface area contributed by atoms with Gasteiger partial charge in [-0.1, -0.05) is 40.2 Å². The van der Waals surface area contributed by atoms with E-state index in [2.05, 4.69) is 21.2 Å². The number of halogens is 1. The second-order valence-corrected chi connectivity index (χ2v) is 8.18. The molecule has 0 aliphatic rings. The summed E-state index contributed by atoms with van der Waals surface area (Å²) in [5, 5.41) is 12.5. The summed E-state index contributed by atoms with van der Waals surface area (Å²) >= 11 is 3.42. The van der Waals surface area contributed by atoms with Crippen molar-refractivity contribution in [2.24, 2.45) is 0 Å². The van der Waals surface area contributed by atoms with Gasteiger partial charge in [0.05, 0.1) is 7.11 Å². The molecule has 0 unspecified atom stereocenters. The molecule has 6 heteroatoms. The van der Waals surface area contributed by atoms with Gasteiger partial charge in [-0.2, -0.15) is 5.26 Å². The molecule has 0 spiro atoms. The number of carbonyl (C=O) groups is 1. The molecule has 5 nitrogen and oxygen atoms in total. The summed E-state index contributed by atoms with van der Waals surface area (Å²) in [5.74, 6) is 0.654. The molecule has 32 heavy (non-hydrogen) atoms. The predicted octanol–water partition coefficient (Wildman–Crippen LogP) is 6.20. The first kappa shape index (κ1) is 23.1. The second kappa shape index (κ2) is 10.7. The molecule has 0 fully saturated rings. The standard InChI is InChI=1S/C26H23BrN2O3/c1-17-4-5-18(2)24(12-17)29-26(30)21(15-28)13-20-8-11-23(31-3)14-25(20)32-16-19-6-9-22(27)10-7-19/h4-14H,16H2,1-3H3,(H,29,30)/b21-13+. The third kappa shape index (κ3) is 5.99. The lowest BCUT2D eigenvalue weighted by Gasteiger charge is -2.12. The molecular formula is C26H23BrN2O3. The first-order valence-electron chi connectivity index (χ1n) is 9.95. The Morgan fingerprint density at radius 1 is 1.09 bits per heavy atom. The summed E-state index contributed by atoms with van der Waals surface area (Å²) in [6, 6.07) is 20.8. The Balaban J connectivity index is 1.87. The number of rotatable bonds is 7. The normalized spacial score (nSPS) is 10.9. The van der Waals surface area contributed by atoms with Gasteiger partial charge in [-0.15, -0.1) is 0 Å². The SMILES string of the molecule is COc1ccc(/C=C(\C#N)C(=O)Nc2cc(C)ccc2C)c(OCc2ccc(Br)cc2)c1. The number of methoxy groups -OCH3 is 1. The van der Waals surface area contributed by atoms with Crippen molar-refractivity contribution in [3.05, 3.63) is 93.0 Å². The van der Waals surface area contributed by atoms with Crippen LogP contribution < -0.4 is 14.8 Å². The first-order valence-corrected chi connectivity index (χ1v) is 10.7. The second-order valence-electron chi connectivity index (χ2n) is 7.26. The highest BCUT2D eigenvalue weighted by molar-refractivity contribution is 9.10. The van der Waals surface area contributed by atoms with Gasteiger partial charge in [-0.3, -0.25) is 4.79 Å². The van der Waals surface area contributed by atoms with E-state index in [1.165, 1.54) is 6.08 Å². The summed E-state index contributed by atoms with van der Waals surface area (Å²) in [7, 11) is 1.57. The molecule has 1 amide bonds. The Bertz CT molecular complexity index is 1190. The summed E-state index contributed by atoms with van der Waals surface area (Å²) in [6.07, 6.45) is 1.52. The number of nitrogens with zero attached hydrogens (tertiary/aromatic N) is 1. The topological polar surface area (TPSA) is 71.3 Å². The van der Waals surface area contributed by atoms with Crippen molar-refractivity contribution in [2.75, 3.05) is 12.4 Å². The number of ether oxygens (including phenoxy) is 2. The molecule has 0 bridgehead atoms. The summed E-state index contributed by atoms with van der Waals surface area (Å²) in [6.45, 7) is 4.18. The van der Waals surface area contributed by atoms with Crippen LogP contribution in [0.5, 0.6) is 11.5 Å². The molecule has 3 aromatic carbocycles. The average Bonchev–Trinajstić information content (AvgIpc) is 2.79. The van der Waals surface area contributed by atoms with Gasteiger partial charge in [-0.05, 0) is 66.9 Å². The molecule has 0 aliphatic carbocycles. The number of aryl methyl sites for hydroxylation is 2. The molecular weight excluding hydrogens is 468 g/mol. The molecule has 0 aliphatic heterocycles. The van der Waals surface area contributed by atoms with Gasteiger partial charge in [0.2, 0.25) is 0 Å². The maximum atomic E-state index is 12.8. The molecule has 162 valence electrons. The van der Waals surface area contributed by atoms with Crippen LogP contribution in [-0.2, 0) is 11.4 Å². The summed E-state index contributed by atoms with van der Waals surface area (Å²) in [5.41, 5.74) is 4.19. The van der Waals surface area contributed by atoms with E-state index in [-0.39, 0.29) is 5.57 Å². The smallest absolute Gasteiger partial charge is 0.266 e. The van der Waals surface area contributed by atoms with Crippen LogP contribution in [-0.4, -0.2) is 13.0 Å². The lowest BCUT2D eigenvalue weighted by atomic mass is 10.1. The minimum absolute atomic E-state index is 0.0236. The fourth-order valence-corrected chi connectivity index (χ4v) is 3.26. The van der Waals surface area contributed by atoms with Crippen LogP contribution in [0.1, 0.15) is 22.3 Å². The van der Waals surface area contributed by atoms with Gasteiger partial charge in [0.15, 0.2) is 0 Å². The third-order valence-corrected chi connectivity index (χ3v) is 5.36. The molecule has 3 aromatic rings. The molecule has 0 saturated heterocycles. The number of hydrogen-bond donors (Lipinski definition) is 1. The molecule has 0 aromatic heterocycles. The van der Waals surface area contributed by atoms with E-state index >= 15 is 0 Å². The lowest BCUT2D eigenvalue weighted by molar-refractivity contribution is -0.112. The molecule has 1 N–H and O–H groups in total. The molecule has 0 atom stereocenters. The molecule has 0 radical (unpaired) electrons. The van der Waals surface area contributed by atoms with Gasteiger partial charge in [0.1, 0.15) is 29.7 Å². The zero-order valence-corrected chi connectivity index (χ0v) is 19.7. The number of nitriles is 1. The number of amides is 1. The number of nitrogens with one attached hydrogen (secondary N) is 1. The molecule has 0 heterocycles. The van der Waals surface area contributed by atoms with E-state index in [0.29, 0.717) is 29.4 Å². The van der Waals surface area contributed by atoms with Crippen molar-refractivity contribution < 1.29 is 14.3 Å². The number of benzene rings is 3. The van der Waals surface area contributed by atoms with Crippen LogP contribution in [0.15, 0.2) is 70.7 Å². The zero-order chi connectivity index (χ0) is 23.1. The van der Waals surface area contributed by atoms with Crippen LogP contribution in [0.4, 0.5) is 5.69 Å². The zero-order valence-electron chi connectivity index (χ0n) is 18.1. The van der Waals surface area contributed by atoms with Gasteiger partial charge >= 0.3 is 0 Å². The van der Waals surface area contributed by atoms with E-state index in [1.54, 1.807) is 25.3 Å². The van der Waals surface area contributed by atoms with E-state index in [4.69, 9.17) is 9.47 Å². The highest BCUT2D eigenvalue weighted by atomic mass is 79.9. The van der Waals surface area contributed by atoms with E-state index < -0.39 is 5.91 Å². The van der Waals surface area contributed by atoms with Crippen LogP contribution in [0, 0.1) is 25.2 Å². The largest absolute Gasteiger partial charge is 0.497 e. The number of hydrogen-bond acceptors (Lipinski definition) is 4. The summed E-state index contributed by atoms with van der Waals surface area (Å²) < 4.78 is 12.3. The average molecular weight is 491 g/mol. The fourth-order valence-electron chi connectivity index (χ4n) is 2.99. The van der Waals surface area contributed by atoms with Gasteiger partial charge in [0.25, 0.3) is 5.91 Å². The van der Waals surface area contributed by atoms with Gasteiger partial charge in [-0.25, -0.2) is 0 Å². The molecule has 0 saturated carbocycles. The van der Waals surface area contributed by atoms with Crippen LogP contribution in [0.3, 0.4) is 0 Å². The first-order chi connectivity index (χ1) is 15.4.